The summed E-state index contributed by atoms with van der Waals surface area (Å²) in [4.78, 5) is 0. The van der Waals surface area contributed by atoms with E-state index in [1.807, 2.05) is 0 Å². The first kappa shape index (κ1) is 10.1. The highest BCUT2D eigenvalue weighted by molar-refractivity contribution is 6.37. The van der Waals surface area contributed by atoms with Gasteiger partial charge < -0.3 is 10.8 Å². The van der Waals surface area contributed by atoms with Crippen LogP contribution in [-0.4, -0.2) is 5.11 Å². The Bertz CT molecular complexity index is 340. The normalized spacial score (nSPS) is 18.2. The van der Waals surface area contributed by atoms with Crippen molar-refractivity contribution in [3.05, 3.63) is 27.7 Å². The van der Waals surface area contributed by atoms with E-state index in [9.17, 15) is 5.11 Å². The van der Waals surface area contributed by atoms with E-state index in [1.165, 1.54) is 0 Å². The van der Waals surface area contributed by atoms with Gasteiger partial charge in [0, 0.05) is 6.04 Å². The van der Waals surface area contributed by atoms with Crippen LogP contribution in [0, 0.1) is 5.92 Å². The van der Waals surface area contributed by atoms with E-state index >= 15 is 0 Å². The highest BCUT2D eigenvalue weighted by Gasteiger charge is 2.30. The van der Waals surface area contributed by atoms with Crippen molar-refractivity contribution in [3.8, 4) is 5.75 Å². The Labute approximate surface area is 92.6 Å². The number of aromatic hydroxyl groups is 1. The lowest BCUT2D eigenvalue weighted by atomic mass is 10.0. The monoisotopic (exact) mass is 231 g/mol. The predicted molar refractivity (Wildman–Crippen MR) is 57.8 cm³/mol. The maximum atomic E-state index is 9.36. The zero-order valence-electron chi connectivity index (χ0n) is 7.50. The molecule has 2 rings (SSSR count). The van der Waals surface area contributed by atoms with Crippen LogP contribution in [0.5, 0.6) is 5.75 Å². The standard InChI is InChI=1S/C10H11Cl2NO/c11-7-3-6(4-8(12)10(7)14)9(13)5-1-2-5/h3-5,9,14H,1-2,13H2. The lowest BCUT2D eigenvalue weighted by Crippen LogP contribution is -2.12. The van der Waals surface area contributed by atoms with Crippen LogP contribution in [0.25, 0.3) is 0 Å². The number of phenols is 1. The molecule has 1 unspecified atom stereocenters. The Morgan fingerprint density at radius 3 is 2.21 bits per heavy atom. The van der Waals surface area contributed by atoms with Gasteiger partial charge in [-0.25, -0.2) is 0 Å². The number of hydrogen-bond donors (Lipinski definition) is 2. The van der Waals surface area contributed by atoms with Crippen molar-refractivity contribution in [3.63, 3.8) is 0 Å². The summed E-state index contributed by atoms with van der Waals surface area (Å²) in [6.45, 7) is 0. The number of halogens is 2. The number of rotatable bonds is 2. The Kier molecular flexibility index (Phi) is 2.60. The summed E-state index contributed by atoms with van der Waals surface area (Å²) in [5.74, 6) is 0.478. The predicted octanol–water partition coefficient (Wildman–Crippen LogP) is 3.11. The van der Waals surface area contributed by atoms with E-state index in [2.05, 4.69) is 0 Å². The molecule has 0 bridgehead atoms. The molecule has 2 nitrogen and oxygen atoms in total. The van der Waals surface area contributed by atoms with E-state index in [0.717, 1.165) is 18.4 Å². The van der Waals surface area contributed by atoms with E-state index < -0.39 is 0 Å². The number of nitrogens with two attached hydrogens (primary N) is 1. The summed E-state index contributed by atoms with van der Waals surface area (Å²) in [7, 11) is 0. The zero-order valence-corrected chi connectivity index (χ0v) is 9.02. The second kappa shape index (κ2) is 3.61. The molecule has 14 heavy (non-hydrogen) atoms. The van der Waals surface area contributed by atoms with Gasteiger partial charge in [-0.1, -0.05) is 23.2 Å². The molecule has 1 aromatic rings. The molecule has 0 amide bonds. The van der Waals surface area contributed by atoms with Gasteiger partial charge in [0.25, 0.3) is 0 Å². The molecule has 0 aromatic heterocycles. The molecule has 1 aliphatic carbocycles. The number of hydrogen-bond acceptors (Lipinski definition) is 2. The molecule has 1 aromatic carbocycles. The fourth-order valence-corrected chi connectivity index (χ4v) is 2.01. The van der Waals surface area contributed by atoms with Crippen LogP contribution in [0.3, 0.4) is 0 Å². The molecule has 3 N–H and O–H groups in total. The van der Waals surface area contributed by atoms with Crippen molar-refractivity contribution < 1.29 is 5.11 Å². The number of phenolic OH excluding ortho intramolecular Hbond substituents is 1. The van der Waals surface area contributed by atoms with E-state index in [4.69, 9.17) is 28.9 Å². The van der Waals surface area contributed by atoms with Gasteiger partial charge in [0.1, 0.15) is 0 Å². The molecule has 0 heterocycles. The van der Waals surface area contributed by atoms with Gasteiger partial charge in [0.2, 0.25) is 0 Å². The smallest absolute Gasteiger partial charge is 0.152 e. The SMILES string of the molecule is NC(c1cc(Cl)c(O)c(Cl)c1)C1CC1. The van der Waals surface area contributed by atoms with Crippen LogP contribution in [0.4, 0.5) is 0 Å². The van der Waals surface area contributed by atoms with Gasteiger partial charge in [-0.05, 0) is 36.5 Å². The molecule has 0 spiro atoms. The summed E-state index contributed by atoms with van der Waals surface area (Å²) in [6.07, 6.45) is 2.33. The van der Waals surface area contributed by atoms with Gasteiger partial charge in [-0.15, -0.1) is 0 Å². The summed E-state index contributed by atoms with van der Waals surface area (Å²) in [5.41, 5.74) is 6.89. The number of benzene rings is 1. The minimum atomic E-state index is -0.0694. The van der Waals surface area contributed by atoms with Gasteiger partial charge >= 0.3 is 0 Å². The molecule has 1 aliphatic rings. The molecular weight excluding hydrogens is 221 g/mol. The topological polar surface area (TPSA) is 46.2 Å². The lowest BCUT2D eigenvalue weighted by molar-refractivity contribution is 0.475. The Morgan fingerprint density at radius 2 is 1.79 bits per heavy atom. The Hall–Kier alpha value is -0.440. The Balaban J connectivity index is 2.34. The quantitative estimate of drug-likeness (QED) is 0.822. The van der Waals surface area contributed by atoms with Crippen LogP contribution in [0.1, 0.15) is 24.4 Å². The summed E-state index contributed by atoms with van der Waals surface area (Å²) in [6, 6.07) is 3.36. The molecule has 76 valence electrons. The first-order valence-electron chi connectivity index (χ1n) is 4.53. The molecule has 1 atom stereocenters. The first-order chi connectivity index (χ1) is 6.59. The molecule has 1 saturated carbocycles. The molecule has 0 saturated heterocycles. The molecule has 1 fully saturated rings. The van der Waals surface area contributed by atoms with Crippen LogP contribution in [0.2, 0.25) is 10.0 Å². The van der Waals surface area contributed by atoms with Gasteiger partial charge in [0.05, 0.1) is 10.0 Å². The Morgan fingerprint density at radius 1 is 1.29 bits per heavy atom. The average Bonchev–Trinajstić information content (AvgIpc) is 2.95. The maximum Gasteiger partial charge on any atom is 0.152 e. The van der Waals surface area contributed by atoms with Crippen molar-refractivity contribution >= 4 is 23.2 Å². The van der Waals surface area contributed by atoms with Gasteiger partial charge in [-0.3, -0.25) is 0 Å². The van der Waals surface area contributed by atoms with Crippen molar-refractivity contribution in [1.29, 1.82) is 0 Å². The second-order valence-corrected chi connectivity index (χ2v) is 4.51. The van der Waals surface area contributed by atoms with Crippen LogP contribution in [0.15, 0.2) is 12.1 Å². The molecule has 4 heteroatoms. The van der Waals surface area contributed by atoms with Crippen LogP contribution < -0.4 is 5.73 Å². The largest absolute Gasteiger partial charge is 0.505 e. The average molecular weight is 232 g/mol. The fourth-order valence-electron chi connectivity index (χ4n) is 1.51. The van der Waals surface area contributed by atoms with Gasteiger partial charge in [-0.2, -0.15) is 0 Å². The van der Waals surface area contributed by atoms with Crippen LogP contribution >= 0.6 is 23.2 Å². The summed E-state index contributed by atoms with van der Waals surface area (Å²) < 4.78 is 0. The van der Waals surface area contributed by atoms with Crippen molar-refractivity contribution in [2.24, 2.45) is 11.7 Å². The van der Waals surface area contributed by atoms with E-state index in [-0.39, 0.29) is 21.8 Å². The minimum Gasteiger partial charge on any atom is -0.505 e. The highest BCUT2D eigenvalue weighted by atomic mass is 35.5. The maximum absolute atomic E-state index is 9.36. The second-order valence-electron chi connectivity index (χ2n) is 3.70. The van der Waals surface area contributed by atoms with Crippen molar-refractivity contribution in [1.82, 2.24) is 0 Å². The summed E-state index contributed by atoms with van der Waals surface area (Å²) >= 11 is 11.6. The van der Waals surface area contributed by atoms with Crippen molar-refractivity contribution in [2.45, 2.75) is 18.9 Å². The lowest BCUT2D eigenvalue weighted by Gasteiger charge is -2.12. The highest BCUT2D eigenvalue weighted by Crippen LogP contribution is 2.42. The molecule has 0 radical (unpaired) electrons. The zero-order chi connectivity index (χ0) is 10.3. The molecule has 0 aliphatic heterocycles. The first-order valence-corrected chi connectivity index (χ1v) is 5.28. The summed E-state index contributed by atoms with van der Waals surface area (Å²) in [5, 5.41) is 9.90. The third kappa shape index (κ3) is 1.83. The van der Waals surface area contributed by atoms with Crippen LogP contribution in [-0.2, 0) is 0 Å². The van der Waals surface area contributed by atoms with E-state index in [1.54, 1.807) is 12.1 Å². The van der Waals surface area contributed by atoms with Gasteiger partial charge in [0.15, 0.2) is 5.75 Å². The van der Waals surface area contributed by atoms with Crippen molar-refractivity contribution in [2.75, 3.05) is 0 Å². The van der Waals surface area contributed by atoms with E-state index in [0.29, 0.717) is 5.92 Å². The third-order valence-corrected chi connectivity index (χ3v) is 3.13. The third-order valence-electron chi connectivity index (χ3n) is 2.55. The molecular formula is C10H11Cl2NO. The fraction of sp³-hybridized carbons (Fsp3) is 0.400. The minimum absolute atomic E-state index is 0.00870.